The molecule has 106 valence electrons. The highest BCUT2D eigenvalue weighted by molar-refractivity contribution is 5.92. The van der Waals surface area contributed by atoms with E-state index >= 15 is 0 Å². The molecule has 0 aliphatic heterocycles. The van der Waals surface area contributed by atoms with E-state index in [1.165, 1.54) is 0 Å². The quantitative estimate of drug-likeness (QED) is 0.618. The normalized spacial score (nSPS) is 11.4. The molecule has 2 rings (SSSR count). The van der Waals surface area contributed by atoms with Gasteiger partial charge in [0.25, 0.3) is 0 Å². The van der Waals surface area contributed by atoms with Crippen LogP contribution in [0.25, 0.3) is 10.8 Å². The lowest BCUT2D eigenvalue weighted by Gasteiger charge is -2.20. The first-order valence-electron chi connectivity index (χ1n) is 6.77. The molecule has 0 fully saturated rings. The molecule has 2 aromatic rings. The fourth-order valence-corrected chi connectivity index (χ4v) is 1.83. The summed E-state index contributed by atoms with van der Waals surface area (Å²) in [4.78, 5) is 12.2. The molecular weight excluding hydrogens is 252 g/mol. The Morgan fingerprint density at radius 2 is 1.95 bits per heavy atom. The van der Waals surface area contributed by atoms with Crippen LogP contribution in [0.5, 0.6) is 11.5 Å². The van der Waals surface area contributed by atoms with E-state index < -0.39 is 5.41 Å². The number of rotatable bonds is 4. The van der Waals surface area contributed by atoms with E-state index in [1.807, 2.05) is 57.2 Å². The topological polar surface area (TPSA) is 35.5 Å². The lowest BCUT2D eigenvalue weighted by molar-refractivity contribution is -0.144. The molecule has 0 amide bonds. The summed E-state index contributed by atoms with van der Waals surface area (Å²) in [6.07, 6.45) is 0.740. The second-order valence-corrected chi connectivity index (χ2v) is 5.47. The fraction of sp³-hybridized carbons (Fsp3) is 0.353. The van der Waals surface area contributed by atoms with Crippen molar-refractivity contribution in [3.8, 4) is 11.5 Å². The highest BCUT2D eigenvalue weighted by atomic mass is 16.5. The highest BCUT2D eigenvalue weighted by Crippen LogP contribution is 2.31. The molecule has 3 heteroatoms. The molecule has 0 heterocycles. The zero-order valence-corrected chi connectivity index (χ0v) is 12.4. The zero-order valence-electron chi connectivity index (χ0n) is 12.4. The van der Waals surface area contributed by atoms with E-state index in [1.54, 1.807) is 7.11 Å². The van der Waals surface area contributed by atoms with Crippen LogP contribution in [-0.2, 0) is 4.79 Å². The van der Waals surface area contributed by atoms with Gasteiger partial charge in [0.2, 0.25) is 0 Å². The van der Waals surface area contributed by atoms with Crippen LogP contribution < -0.4 is 9.47 Å². The molecule has 0 radical (unpaired) electrons. The Labute approximate surface area is 119 Å². The summed E-state index contributed by atoms with van der Waals surface area (Å²) < 4.78 is 10.8. The van der Waals surface area contributed by atoms with E-state index in [0.29, 0.717) is 5.75 Å². The van der Waals surface area contributed by atoms with Gasteiger partial charge in [-0.3, -0.25) is 4.79 Å². The SMILES string of the molecule is CCC(C)(C)C(=O)Oc1cccc2cc(OC)ccc12. The number of esters is 1. The Kier molecular flexibility index (Phi) is 3.98. The average molecular weight is 272 g/mol. The summed E-state index contributed by atoms with van der Waals surface area (Å²) in [6.45, 7) is 5.77. The van der Waals surface area contributed by atoms with E-state index in [4.69, 9.17) is 9.47 Å². The molecule has 0 spiro atoms. The Hall–Kier alpha value is -2.03. The molecule has 0 aliphatic carbocycles. The van der Waals surface area contributed by atoms with Crippen molar-refractivity contribution in [2.24, 2.45) is 5.41 Å². The number of benzene rings is 2. The molecule has 0 atom stereocenters. The van der Waals surface area contributed by atoms with Crippen LogP contribution in [0.1, 0.15) is 27.2 Å². The van der Waals surface area contributed by atoms with Crippen molar-refractivity contribution in [2.75, 3.05) is 7.11 Å². The van der Waals surface area contributed by atoms with Crippen LogP contribution in [0.15, 0.2) is 36.4 Å². The van der Waals surface area contributed by atoms with Gasteiger partial charge in [-0.15, -0.1) is 0 Å². The van der Waals surface area contributed by atoms with Gasteiger partial charge in [-0.05, 0) is 49.9 Å². The van der Waals surface area contributed by atoms with Gasteiger partial charge in [0.1, 0.15) is 11.5 Å². The molecule has 0 saturated carbocycles. The third-order valence-electron chi connectivity index (χ3n) is 3.69. The zero-order chi connectivity index (χ0) is 14.8. The summed E-state index contributed by atoms with van der Waals surface area (Å²) in [5.74, 6) is 1.18. The van der Waals surface area contributed by atoms with Crippen LogP contribution in [-0.4, -0.2) is 13.1 Å². The number of carbonyl (C=O) groups is 1. The minimum atomic E-state index is -0.478. The molecule has 0 saturated heterocycles. The molecule has 0 aliphatic rings. The second kappa shape index (κ2) is 5.53. The molecule has 3 nitrogen and oxygen atoms in total. The van der Waals surface area contributed by atoms with Crippen molar-refractivity contribution in [3.05, 3.63) is 36.4 Å². The lowest BCUT2D eigenvalue weighted by Crippen LogP contribution is -2.28. The van der Waals surface area contributed by atoms with Crippen LogP contribution in [0.3, 0.4) is 0 Å². The van der Waals surface area contributed by atoms with Crippen LogP contribution in [0, 0.1) is 5.41 Å². The monoisotopic (exact) mass is 272 g/mol. The van der Waals surface area contributed by atoms with Crippen molar-refractivity contribution < 1.29 is 14.3 Å². The maximum atomic E-state index is 12.2. The van der Waals surface area contributed by atoms with Gasteiger partial charge in [0.15, 0.2) is 0 Å². The van der Waals surface area contributed by atoms with Crippen molar-refractivity contribution in [2.45, 2.75) is 27.2 Å². The van der Waals surface area contributed by atoms with Crippen molar-refractivity contribution in [1.82, 2.24) is 0 Å². The first kappa shape index (κ1) is 14.4. The van der Waals surface area contributed by atoms with Crippen molar-refractivity contribution >= 4 is 16.7 Å². The number of methoxy groups -OCH3 is 1. The van der Waals surface area contributed by atoms with E-state index in [0.717, 1.165) is 22.9 Å². The summed E-state index contributed by atoms with van der Waals surface area (Å²) in [5.41, 5.74) is -0.478. The fourth-order valence-electron chi connectivity index (χ4n) is 1.83. The van der Waals surface area contributed by atoms with Gasteiger partial charge in [0.05, 0.1) is 12.5 Å². The average Bonchev–Trinajstić information content (AvgIpc) is 2.46. The minimum Gasteiger partial charge on any atom is -0.497 e. The standard InChI is InChI=1S/C17H20O3/c1-5-17(2,3)16(18)20-15-8-6-7-12-11-13(19-4)9-10-14(12)15/h6-11H,5H2,1-4H3. The maximum Gasteiger partial charge on any atom is 0.316 e. The largest absolute Gasteiger partial charge is 0.497 e. The van der Waals surface area contributed by atoms with Crippen LogP contribution in [0.4, 0.5) is 0 Å². The van der Waals surface area contributed by atoms with Crippen molar-refractivity contribution in [3.63, 3.8) is 0 Å². The third-order valence-corrected chi connectivity index (χ3v) is 3.69. The first-order valence-corrected chi connectivity index (χ1v) is 6.77. The van der Waals surface area contributed by atoms with Gasteiger partial charge < -0.3 is 9.47 Å². The lowest BCUT2D eigenvalue weighted by atomic mass is 9.91. The number of hydrogen-bond acceptors (Lipinski definition) is 3. The third kappa shape index (κ3) is 2.77. The Balaban J connectivity index is 2.38. The van der Waals surface area contributed by atoms with E-state index in [9.17, 15) is 4.79 Å². The molecular formula is C17H20O3. The number of hydrogen-bond donors (Lipinski definition) is 0. The Morgan fingerprint density at radius 1 is 1.20 bits per heavy atom. The predicted octanol–water partition coefficient (Wildman–Crippen LogP) is 4.19. The van der Waals surface area contributed by atoms with E-state index in [2.05, 4.69) is 0 Å². The van der Waals surface area contributed by atoms with Crippen LogP contribution >= 0.6 is 0 Å². The summed E-state index contributed by atoms with van der Waals surface area (Å²) in [5, 5.41) is 1.90. The summed E-state index contributed by atoms with van der Waals surface area (Å²) in [6, 6.07) is 11.4. The van der Waals surface area contributed by atoms with Gasteiger partial charge in [-0.2, -0.15) is 0 Å². The molecule has 0 unspecified atom stereocenters. The smallest absolute Gasteiger partial charge is 0.316 e. The number of fused-ring (bicyclic) bond motifs is 1. The maximum absolute atomic E-state index is 12.2. The molecule has 20 heavy (non-hydrogen) atoms. The molecule has 2 aromatic carbocycles. The first-order chi connectivity index (χ1) is 9.47. The molecule has 0 aromatic heterocycles. The predicted molar refractivity (Wildman–Crippen MR) is 80.2 cm³/mol. The molecule has 0 bridgehead atoms. The van der Waals surface area contributed by atoms with Crippen LogP contribution in [0.2, 0.25) is 0 Å². The highest BCUT2D eigenvalue weighted by Gasteiger charge is 2.28. The second-order valence-electron chi connectivity index (χ2n) is 5.47. The van der Waals surface area contributed by atoms with Gasteiger partial charge in [0, 0.05) is 5.39 Å². The van der Waals surface area contributed by atoms with E-state index in [-0.39, 0.29) is 5.97 Å². The summed E-state index contributed by atoms with van der Waals surface area (Å²) in [7, 11) is 1.63. The minimum absolute atomic E-state index is 0.205. The number of carbonyl (C=O) groups excluding carboxylic acids is 1. The molecule has 0 N–H and O–H groups in total. The Bertz CT molecular complexity index is 629. The number of ether oxygens (including phenoxy) is 2. The van der Waals surface area contributed by atoms with Gasteiger partial charge in [-0.1, -0.05) is 19.1 Å². The van der Waals surface area contributed by atoms with Crippen molar-refractivity contribution in [1.29, 1.82) is 0 Å². The summed E-state index contributed by atoms with van der Waals surface area (Å²) >= 11 is 0. The Morgan fingerprint density at radius 3 is 2.60 bits per heavy atom. The van der Waals surface area contributed by atoms with Gasteiger partial charge >= 0.3 is 5.97 Å². The van der Waals surface area contributed by atoms with Gasteiger partial charge in [-0.25, -0.2) is 0 Å².